The summed E-state index contributed by atoms with van der Waals surface area (Å²) in [6.07, 6.45) is 48.1. The van der Waals surface area contributed by atoms with Crippen LogP contribution in [0.25, 0.3) is 0 Å². The fourth-order valence-corrected chi connectivity index (χ4v) is 11.4. The Morgan fingerprint density at radius 2 is 1.19 bits per heavy atom. The Hall–Kier alpha value is -1.25. The molecule has 7 nitrogen and oxygen atoms in total. The predicted octanol–water partition coefficient (Wildman–Crippen LogP) is 16.9. The molecule has 0 amide bonds. The Morgan fingerprint density at radius 3 is 1.76 bits per heavy atom. The van der Waals surface area contributed by atoms with Crippen molar-refractivity contribution in [3.05, 3.63) is 24.3 Å². The molecule has 1 saturated heterocycles. The van der Waals surface area contributed by atoms with Gasteiger partial charge in [-0.25, -0.2) is 0 Å². The lowest BCUT2D eigenvalue weighted by Gasteiger charge is -2.42. The number of allylic oxidation sites excluding steroid dienone is 4. The molecule has 0 spiro atoms. The number of carbonyl (C=O) groups excluding carboxylic acids is 1. The van der Waals surface area contributed by atoms with Crippen molar-refractivity contribution in [2.24, 2.45) is 34.5 Å². The van der Waals surface area contributed by atoms with Gasteiger partial charge in [0.2, 0.25) is 0 Å². The van der Waals surface area contributed by atoms with Crippen molar-refractivity contribution in [2.75, 3.05) is 65.9 Å². The van der Waals surface area contributed by atoms with E-state index >= 15 is 0 Å². The summed E-state index contributed by atoms with van der Waals surface area (Å²) < 4.78 is 28.6. The first-order chi connectivity index (χ1) is 32.6. The normalized spacial score (nSPS) is 23.9. The summed E-state index contributed by atoms with van der Waals surface area (Å²) in [5, 5.41) is 3.28. The van der Waals surface area contributed by atoms with E-state index in [0.717, 1.165) is 56.0 Å². The molecule has 1 N–H and O–H groups in total. The zero-order chi connectivity index (χ0) is 48.5. The van der Waals surface area contributed by atoms with Crippen molar-refractivity contribution in [3.63, 3.8) is 0 Å². The highest BCUT2D eigenvalue weighted by Gasteiger charge is 2.47. The van der Waals surface area contributed by atoms with Crippen LogP contribution in [0.15, 0.2) is 24.3 Å². The van der Waals surface area contributed by atoms with E-state index in [2.05, 4.69) is 78.1 Å². The van der Waals surface area contributed by atoms with E-state index in [1.807, 2.05) is 0 Å². The zero-order valence-corrected chi connectivity index (χ0v) is 45.6. The average molecular weight is 949 g/mol. The summed E-state index contributed by atoms with van der Waals surface area (Å²) in [5.74, 6) is 3.39. The topological polar surface area (TPSA) is 75.3 Å². The maximum absolute atomic E-state index is 12.6. The molecule has 0 aromatic heterocycles. The number of hydrogen-bond acceptors (Lipinski definition) is 7. The number of carbonyl (C=O) groups is 1. The van der Waals surface area contributed by atoms with Gasteiger partial charge in [0.15, 0.2) is 0 Å². The number of ether oxygens (including phenoxy) is 5. The molecule has 2 aliphatic carbocycles. The van der Waals surface area contributed by atoms with Gasteiger partial charge in [0.05, 0.1) is 39.6 Å². The molecule has 1 unspecified atom stereocenters. The van der Waals surface area contributed by atoms with Gasteiger partial charge < -0.3 is 29.0 Å². The highest BCUT2D eigenvalue weighted by molar-refractivity contribution is 5.69. The van der Waals surface area contributed by atoms with E-state index in [0.29, 0.717) is 69.9 Å². The van der Waals surface area contributed by atoms with Crippen LogP contribution in [0.2, 0.25) is 0 Å². The Kier molecular flexibility index (Phi) is 38.2. The number of unbranched alkanes of at least 4 members (excludes halogenated alkanes) is 9. The minimum absolute atomic E-state index is 0. The van der Waals surface area contributed by atoms with Crippen molar-refractivity contribution < 1.29 is 31.3 Å². The Bertz CT molecular complexity index is 1180. The minimum Gasteiger partial charge on any atom is -0.462 e. The second-order valence-electron chi connectivity index (χ2n) is 22.3. The van der Waals surface area contributed by atoms with E-state index in [9.17, 15) is 4.79 Å². The van der Waals surface area contributed by atoms with Crippen molar-refractivity contribution in [3.8, 4) is 0 Å². The van der Waals surface area contributed by atoms with Crippen molar-refractivity contribution in [1.29, 1.82) is 0 Å². The van der Waals surface area contributed by atoms with E-state index in [4.69, 9.17) is 23.7 Å². The first-order valence-electron chi connectivity index (χ1n) is 29.1. The molecule has 3 rings (SSSR count). The smallest absolute Gasteiger partial charge is 0.306 e. The van der Waals surface area contributed by atoms with Gasteiger partial charge in [-0.05, 0) is 157 Å². The highest BCUT2D eigenvalue weighted by atomic mass is 16.6. The third-order valence-electron chi connectivity index (χ3n) is 15.8. The number of rotatable bonds is 40. The molecule has 2 saturated carbocycles. The molecule has 0 aromatic rings. The number of piperidine rings is 1. The fraction of sp³-hybridized carbons (Fsp3) is 0.917. The second kappa shape index (κ2) is 41.4. The van der Waals surface area contributed by atoms with E-state index in [-0.39, 0.29) is 14.9 Å². The lowest BCUT2D eigenvalue weighted by atomic mass is 9.63. The first kappa shape index (κ1) is 61.9. The van der Waals surface area contributed by atoms with Crippen LogP contribution in [0.3, 0.4) is 0 Å². The molecular formula is C60H117NO6. The van der Waals surface area contributed by atoms with E-state index in [1.165, 1.54) is 174 Å². The molecule has 4 atom stereocenters. The molecule has 3 fully saturated rings. The fourth-order valence-electron chi connectivity index (χ4n) is 11.4. The van der Waals surface area contributed by atoms with Crippen molar-refractivity contribution >= 4 is 5.97 Å². The second-order valence-corrected chi connectivity index (χ2v) is 22.3. The quantitative estimate of drug-likeness (QED) is 0.0373. The SMILES string of the molecule is C1CCNCC1.CCCCC/C=C\C/C=C\CCCCCCCCOCCOCCOCCOCCCC(=O)OC1CCC(C)(CCC[C@@]2(C)C(CCC)CC[C@@H]2[C@H](C)CCCC(C)C)CC1.[HH].[HH]. The van der Waals surface area contributed by atoms with Crippen LogP contribution in [-0.2, 0) is 28.5 Å². The van der Waals surface area contributed by atoms with Crippen LogP contribution in [0, 0.1) is 34.5 Å². The molecule has 0 radical (unpaired) electrons. The Balaban J connectivity index is 0.00000533. The van der Waals surface area contributed by atoms with E-state index < -0.39 is 0 Å². The van der Waals surface area contributed by atoms with Gasteiger partial charge in [-0.3, -0.25) is 4.79 Å². The monoisotopic (exact) mass is 948 g/mol. The van der Waals surface area contributed by atoms with Gasteiger partial charge in [-0.2, -0.15) is 0 Å². The highest BCUT2D eigenvalue weighted by Crippen LogP contribution is 2.56. The van der Waals surface area contributed by atoms with Gasteiger partial charge in [0.1, 0.15) is 6.10 Å². The zero-order valence-electron chi connectivity index (χ0n) is 45.6. The van der Waals surface area contributed by atoms with Crippen LogP contribution in [0.4, 0.5) is 0 Å². The molecule has 1 aliphatic heterocycles. The molecule has 7 heteroatoms. The molecule has 3 aliphatic rings. The summed E-state index contributed by atoms with van der Waals surface area (Å²) >= 11 is 0. The van der Waals surface area contributed by atoms with Gasteiger partial charge in [-0.1, -0.05) is 156 Å². The third kappa shape index (κ3) is 31.7. The number of hydrogen-bond donors (Lipinski definition) is 1. The molecule has 0 bridgehead atoms. The van der Waals surface area contributed by atoms with Crippen LogP contribution in [0.5, 0.6) is 0 Å². The number of nitrogens with one attached hydrogen (secondary N) is 1. The first-order valence-corrected chi connectivity index (χ1v) is 29.1. The summed E-state index contributed by atoms with van der Waals surface area (Å²) in [4.78, 5) is 12.6. The van der Waals surface area contributed by atoms with Crippen LogP contribution < -0.4 is 5.32 Å². The molecule has 398 valence electrons. The van der Waals surface area contributed by atoms with Gasteiger partial charge >= 0.3 is 5.97 Å². The van der Waals surface area contributed by atoms with Crippen LogP contribution >= 0.6 is 0 Å². The minimum atomic E-state index is -0.0687. The van der Waals surface area contributed by atoms with Crippen LogP contribution in [0.1, 0.15) is 250 Å². The molecule has 67 heavy (non-hydrogen) atoms. The third-order valence-corrected chi connectivity index (χ3v) is 15.8. The lowest BCUT2D eigenvalue weighted by molar-refractivity contribution is -0.152. The Labute approximate surface area is 419 Å². The molecule has 0 aromatic carbocycles. The van der Waals surface area contributed by atoms with Crippen molar-refractivity contribution in [1.82, 2.24) is 5.32 Å². The molecular weight excluding hydrogens is 831 g/mol. The summed E-state index contributed by atoms with van der Waals surface area (Å²) in [6, 6.07) is 0. The standard InChI is InChI=1S/C55H102O6.C5H11N.2H2/c1-8-10-11-12-13-14-15-16-17-18-19-20-21-22-23-24-40-57-42-44-59-46-47-60-45-43-58-41-26-31-53(56)61-51-34-38-54(6,39-35-51)36-27-37-55(7)50(28-9-2)32-33-52(55)49(5)30-25-29-48(3)4;1-2-4-6-5-3-1;;/h13-14,16-17,48-52H,8-12,15,18-47H2,1-7H3;6H,1-5H2;2*1H/b14-13-,17-16-;;;/t49-,50?,51?,52-,54?,55+;;;/m1.../s1. The maximum Gasteiger partial charge on any atom is 0.306 e. The maximum atomic E-state index is 12.6. The number of esters is 1. The van der Waals surface area contributed by atoms with Gasteiger partial charge in [0, 0.05) is 22.5 Å². The van der Waals surface area contributed by atoms with Gasteiger partial charge in [-0.15, -0.1) is 0 Å². The summed E-state index contributed by atoms with van der Waals surface area (Å²) in [7, 11) is 0. The summed E-state index contributed by atoms with van der Waals surface area (Å²) in [6.45, 7) is 24.4. The molecule has 1 heterocycles. The lowest BCUT2D eigenvalue weighted by Crippen LogP contribution is -2.34. The Morgan fingerprint density at radius 1 is 0.612 bits per heavy atom. The van der Waals surface area contributed by atoms with Crippen LogP contribution in [-0.4, -0.2) is 78.0 Å². The van der Waals surface area contributed by atoms with E-state index in [1.54, 1.807) is 0 Å². The van der Waals surface area contributed by atoms with Crippen molar-refractivity contribution in [2.45, 2.75) is 254 Å². The summed E-state index contributed by atoms with van der Waals surface area (Å²) in [5.41, 5.74) is 0.885. The average Bonchev–Trinajstić information content (AvgIpc) is 3.64. The van der Waals surface area contributed by atoms with Gasteiger partial charge in [0.25, 0.3) is 0 Å². The predicted molar refractivity (Wildman–Crippen MR) is 290 cm³/mol. The largest absolute Gasteiger partial charge is 0.462 e.